The zero-order valence-corrected chi connectivity index (χ0v) is 5.60. The van der Waals surface area contributed by atoms with Gasteiger partial charge in [-0.05, 0) is 0 Å². The number of hydrogen-bond acceptors (Lipinski definition) is 3. The molecule has 0 aliphatic rings. The van der Waals surface area contributed by atoms with Gasteiger partial charge in [-0.15, -0.1) is 0 Å². The fourth-order valence-corrected chi connectivity index (χ4v) is 0.933. The molecule has 0 unspecified atom stereocenters. The Labute approximate surface area is 62.7 Å². The Balaban J connectivity index is 2.92. The largest absolute Gasteiger partial charge is 0.303 e. The van der Waals surface area contributed by atoms with Crippen LogP contribution in [0.2, 0.25) is 0 Å². The van der Waals surface area contributed by atoms with E-state index >= 15 is 0 Å². The van der Waals surface area contributed by atoms with Crippen molar-refractivity contribution in [2.75, 3.05) is 0 Å². The summed E-state index contributed by atoms with van der Waals surface area (Å²) in [5.41, 5.74) is 0.965. The highest BCUT2D eigenvalue weighted by Gasteiger charge is 1.99. The van der Waals surface area contributed by atoms with E-state index in [1.807, 2.05) is 6.07 Å². The second-order valence-electron chi connectivity index (χ2n) is 2.05. The number of fused-ring (bicyclic) bond motifs is 1. The molecule has 0 aliphatic heterocycles. The molecule has 0 radical (unpaired) electrons. The lowest BCUT2D eigenvalue weighted by atomic mass is 10.5. The van der Waals surface area contributed by atoms with Crippen LogP contribution in [0, 0.1) is 11.3 Å². The van der Waals surface area contributed by atoms with Crippen molar-refractivity contribution in [2.45, 2.75) is 0 Å². The number of nitrogens with zero attached hydrogens (tertiary/aromatic N) is 4. The molecule has 0 saturated heterocycles. The summed E-state index contributed by atoms with van der Waals surface area (Å²) in [5.74, 6) is 0. The topological polar surface area (TPSA) is 54.0 Å². The molecule has 0 bridgehead atoms. The van der Waals surface area contributed by atoms with Crippen LogP contribution in [-0.2, 0) is 0 Å². The zero-order chi connectivity index (χ0) is 7.68. The molecule has 2 aromatic heterocycles. The van der Waals surface area contributed by atoms with E-state index < -0.39 is 0 Å². The third-order valence-electron chi connectivity index (χ3n) is 1.42. The maximum atomic E-state index is 8.59. The van der Waals surface area contributed by atoms with Gasteiger partial charge in [0.15, 0.2) is 11.3 Å². The Bertz CT molecular complexity index is 423. The number of rotatable bonds is 0. The summed E-state index contributed by atoms with van der Waals surface area (Å²) in [7, 11) is 0. The Hall–Kier alpha value is -1.89. The van der Waals surface area contributed by atoms with Crippen LogP contribution in [0.15, 0.2) is 24.8 Å². The van der Waals surface area contributed by atoms with Gasteiger partial charge in [0, 0.05) is 24.8 Å². The standard InChI is InChI=1S/C7H4N4/c8-5-6-7-10-2-4-11(7)3-1-9-6/h1-4H. The highest BCUT2D eigenvalue weighted by Crippen LogP contribution is 2.02. The monoisotopic (exact) mass is 144 g/mol. The van der Waals surface area contributed by atoms with Gasteiger partial charge in [-0.25, -0.2) is 9.97 Å². The first-order valence-electron chi connectivity index (χ1n) is 3.09. The molecule has 0 aliphatic carbocycles. The summed E-state index contributed by atoms with van der Waals surface area (Å²) in [6.07, 6.45) is 6.74. The predicted octanol–water partition coefficient (Wildman–Crippen LogP) is 0.601. The maximum absolute atomic E-state index is 8.59. The number of aromatic nitrogens is 3. The Morgan fingerprint density at radius 2 is 2.00 bits per heavy atom. The van der Waals surface area contributed by atoms with Crippen molar-refractivity contribution in [1.29, 1.82) is 5.26 Å². The van der Waals surface area contributed by atoms with Crippen LogP contribution >= 0.6 is 0 Å². The molecule has 2 heterocycles. The molecule has 2 rings (SSSR count). The molecule has 0 saturated carbocycles. The first-order chi connectivity index (χ1) is 5.42. The highest BCUT2D eigenvalue weighted by atomic mass is 15.0. The average molecular weight is 144 g/mol. The van der Waals surface area contributed by atoms with E-state index in [0.29, 0.717) is 11.3 Å². The van der Waals surface area contributed by atoms with Gasteiger partial charge in [-0.3, -0.25) is 0 Å². The number of imidazole rings is 1. The predicted molar refractivity (Wildman–Crippen MR) is 37.7 cm³/mol. The number of hydrogen-bond donors (Lipinski definition) is 0. The minimum atomic E-state index is 0.359. The molecule has 52 valence electrons. The van der Waals surface area contributed by atoms with Crippen LogP contribution in [0.1, 0.15) is 5.69 Å². The summed E-state index contributed by atoms with van der Waals surface area (Å²) in [4.78, 5) is 7.82. The van der Waals surface area contributed by atoms with Gasteiger partial charge in [0.2, 0.25) is 0 Å². The third kappa shape index (κ3) is 0.749. The van der Waals surface area contributed by atoms with Crippen molar-refractivity contribution in [3.63, 3.8) is 0 Å². The molecular weight excluding hydrogens is 140 g/mol. The summed E-state index contributed by atoms with van der Waals surface area (Å²) >= 11 is 0. The van der Waals surface area contributed by atoms with Gasteiger partial charge in [0.05, 0.1) is 0 Å². The summed E-state index contributed by atoms with van der Waals surface area (Å²) < 4.78 is 1.76. The Kier molecular flexibility index (Phi) is 1.10. The molecule has 4 heteroatoms. The second kappa shape index (κ2) is 2.06. The Morgan fingerprint density at radius 3 is 2.73 bits per heavy atom. The summed E-state index contributed by atoms with van der Waals surface area (Å²) in [5, 5.41) is 8.59. The van der Waals surface area contributed by atoms with Gasteiger partial charge in [0.1, 0.15) is 6.07 Å². The average Bonchev–Trinajstić information content (AvgIpc) is 2.50. The van der Waals surface area contributed by atoms with E-state index in [4.69, 9.17) is 5.26 Å². The van der Waals surface area contributed by atoms with Crippen LogP contribution in [0.5, 0.6) is 0 Å². The molecule has 0 atom stereocenters. The molecule has 11 heavy (non-hydrogen) atoms. The SMILES string of the molecule is N#Cc1nccn2ccnc12. The van der Waals surface area contributed by atoms with Crippen LogP contribution in [0.3, 0.4) is 0 Å². The normalized spacial score (nSPS) is 9.73. The lowest BCUT2D eigenvalue weighted by molar-refractivity contribution is 1.11. The fourth-order valence-electron chi connectivity index (χ4n) is 0.933. The van der Waals surface area contributed by atoms with Crippen molar-refractivity contribution < 1.29 is 0 Å². The molecule has 2 aromatic rings. The second-order valence-corrected chi connectivity index (χ2v) is 2.05. The van der Waals surface area contributed by atoms with Gasteiger partial charge in [0.25, 0.3) is 0 Å². The molecule has 0 amide bonds. The van der Waals surface area contributed by atoms with Crippen LogP contribution < -0.4 is 0 Å². The Morgan fingerprint density at radius 1 is 1.27 bits per heavy atom. The summed E-state index contributed by atoms with van der Waals surface area (Å²) in [6, 6.07) is 1.96. The smallest absolute Gasteiger partial charge is 0.183 e. The minimum Gasteiger partial charge on any atom is -0.303 e. The van der Waals surface area contributed by atoms with Crippen LogP contribution in [0.25, 0.3) is 5.65 Å². The molecule has 0 N–H and O–H groups in total. The lowest BCUT2D eigenvalue weighted by Gasteiger charge is -1.91. The van der Waals surface area contributed by atoms with E-state index in [-0.39, 0.29) is 0 Å². The fraction of sp³-hybridized carbons (Fsp3) is 0. The number of nitriles is 1. The quantitative estimate of drug-likeness (QED) is 0.544. The third-order valence-corrected chi connectivity index (χ3v) is 1.42. The van der Waals surface area contributed by atoms with E-state index in [9.17, 15) is 0 Å². The van der Waals surface area contributed by atoms with E-state index in [2.05, 4.69) is 9.97 Å². The van der Waals surface area contributed by atoms with E-state index in [0.717, 1.165) is 0 Å². The van der Waals surface area contributed by atoms with Gasteiger partial charge >= 0.3 is 0 Å². The maximum Gasteiger partial charge on any atom is 0.183 e. The van der Waals surface area contributed by atoms with Crippen LogP contribution in [0.4, 0.5) is 0 Å². The van der Waals surface area contributed by atoms with Crippen molar-refractivity contribution in [2.24, 2.45) is 0 Å². The highest BCUT2D eigenvalue weighted by molar-refractivity contribution is 5.49. The van der Waals surface area contributed by atoms with Crippen molar-refractivity contribution >= 4 is 5.65 Å². The molecule has 4 nitrogen and oxygen atoms in total. The first-order valence-corrected chi connectivity index (χ1v) is 3.09. The lowest BCUT2D eigenvalue weighted by Crippen LogP contribution is -1.89. The van der Waals surface area contributed by atoms with Crippen molar-refractivity contribution in [3.8, 4) is 6.07 Å². The summed E-state index contributed by atoms with van der Waals surface area (Å²) in [6.45, 7) is 0. The molecule has 0 spiro atoms. The van der Waals surface area contributed by atoms with Crippen molar-refractivity contribution in [1.82, 2.24) is 14.4 Å². The van der Waals surface area contributed by atoms with Crippen molar-refractivity contribution in [3.05, 3.63) is 30.5 Å². The van der Waals surface area contributed by atoms with Gasteiger partial charge in [-0.1, -0.05) is 0 Å². The van der Waals surface area contributed by atoms with E-state index in [1.54, 1.807) is 29.2 Å². The zero-order valence-electron chi connectivity index (χ0n) is 5.60. The molecule has 0 fully saturated rings. The van der Waals surface area contributed by atoms with Gasteiger partial charge in [-0.2, -0.15) is 5.26 Å². The first kappa shape index (κ1) is 5.86. The minimum absolute atomic E-state index is 0.359. The van der Waals surface area contributed by atoms with Gasteiger partial charge < -0.3 is 4.40 Å². The van der Waals surface area contributed by atoms with Crippen LogP contribution in [-0.4, -0.2) is 14.4 Å². The molecule has 0 aromatic carbocycles. The molecular formula is C7H4N4. The van der Waals surface area contributed by atoms with E-state index in [1.165, 1.54) is 0 Å².